The van der Waals surface area contributed by atoms with E-state index in [9.17, 15) is 4.79 Å². The third kappa shape index (κ3) is 3.81. The molecule has 0 aliphatic rings. The van der Waals surface area contributed by atoms with Crippen molar-refractivity contribution in [3.05, 3.63) is 58.8 Å². The first-order chi connectivity index (χ1) is 9.70. The number of hydrogen-bond acceptors (Lipinski definition) is 4. The Bertz CT molecular complexity index is 575. The fourth-order valence-corrected chi connectivity index (χ4v) is 2.19. The first kappa shape index (κ1) is 14.5. The zero-order chi connectivity index (χ0) is 14.4. The maximum Gasteiger partial charge on any atom is 0.333 e. The van der Waals surface area contributed by atoms with Crippen LogP contribution < -0.4 is 5.32 Å². The van der Waals surface area contributed by atoms with E-state index in [0.717, 1.165) is 15.7 Å². The van der Waals surface area contributed by atoms with E-state index in [1.165, 1.54) is 0 Å². The molecule has 0 aliphatic carbocycles. The Balaban J connectivity index is 2.25. The number of benzene rings is 1. The molecule has 0 spiro atoms. The van der Waals surface area contributed by atoms with Crippen LogP contribution in [0.5, 0.6) is 0 Å². The number of carbonyl (C=O) groups excluding carboxylic acids is 1. The molecule has 0 saturated carbocycles. The zero-order valence-corrected chi connectivity index (χ0v) is 12.6. The minimum Gasteiger partial charge on any atom is -0.464 e. The minimum atomic E-state index is -0.571. The Labute approximate surface area is 126 Å². The second kappa shape index (κ2) is 7.05. The Hall–Kier alpha value is -1.88. The van der Waals surface area contributed by atoms with Crippen LogP contribution in [-0.2, 0) is 9.53 Å². The summed E-state index contributed by atoms with van der Waals surface area (Å²) < 4.78 is 6.06. The summed E-state index contributed by atoms with van der Waals surface area (Å²) in [6.45, 7) is 2.13. The molecular formula is C15H15BrN2O2. The van der Waals surface area contributed by atoms with Gasteiger partial charge in [0.15, 0.2) is 6.04 Å². The van der Waals surface area contributed by atoms with Crippen molar-refractivity contribution in [2.75, 3.05) is 11.9 Å². The molecule has 1 N–H and O–H groups in total. The second-order valence-electron chi connectivity index (χ2n) is 4.13. The molecule has 1 unspecified atom stereocenters. The fourth-order valence-electron chi connectivity index (χ4n) is 1.80. The third-order valence-corrected chi connectivity index (χ3v) is 3.17. The van der Waals surface area contributed by atoms with Crippen LogP contribution in [0.25, 0.3) is 0 Å². The second-order valence-corrected chi connectivity index (χ2v) is 5.04. The Morgan fingerprint density at radius 2 is 2.25 bits per heavy atom. The molecule has 0 saturated heterocycles. The molecule has 5 heteroatoms. The van der Waals surface area contributed by atoms with Crippen molar-refractivity contribution >= 4 is 27.6 Å². The van der Waals surface area contributed by atoms with Gasteiger partial charge in [0.1, 0.15) is 0 Å². The summed E-state index contributed by atoms with van der Waals surface area (Å²) in [5, 5.41) is 3.18. The van der Waals surface area contributed by atoms with Gasteiger partial charge in [-0.3, -0.25) is 4.98 Å². The van der Waals surface area contributed by atoms with Crippen LogP contribution in [0.3, 0.4) is 0 Å². The maximum atomic E-state index is 12.1. The van der Waals surface area contributed by atoms with E-state index >= 15 is 0 Å². The third-order valence-electron chi connectivity index (χ3n) is 2.68. The molecule has 0 fully saturated rings. The number of ether oxygens (including phenoxy) is 1. The predicted octanol–water partition coefficient (Wildman–Crippen LogP) is 3.56. The normalized spacial score (nSPS) is 11.7. The predicted molar refractivity (Wildman–Crippen MR) is 81.4 cm³/mol. The largest absolute Gasteiger partial charge is 0.464 e. The number of anilines is 1. The molecule has 0 radical (unpaired) electrons. The van der Waals surface area contributed by atoms with Gasteiger partial charge in [-0.25, -0.2) is 4.79 Å². The van der Waals surface area contributed by atoms with Gasteiger partial charge in [0.2, 0.25) is 0 Å². The zero-order valence-electron chi connectivity index (χ0n) is 11.0. The van der Waals surface area contributed by atoms with Crippen LogP contribution in [0.15, 0.2) is 53.3 Å². The molecule has 0 aliphatic heterocycles. The highest BCUT2D eigenvalue weighted by Gasteiger charge is 2.22. The lowest BCUT2D eigenvalue weighted by molar-refractivity contribution is -0.144. The van der Waals surface area contributed by atoms with Gasteiger partial charge in [0.05, 0.1) is 6.61 Å². The number of rotatable bonds is 5. The number of nitrogens with zero attached hydrogens (tertiary/aromatic N) is 1. The van der Waals surface area contributed by atoms with E-state index in [1.807, 2.05) is 30.3 Å². The lowest BCUT2D eigenvalue weighted by Crippen LogP contribution is -2.23. The van der Waals surface area contributed by atoms with Crippen molar-refractivity contribution in [3.8, 4) is 0 Å². The van der Waals surface area contributed by atoms with Crippen molar-refractivity contribution < 1.29 is 9.53 Å². The maximum absolute atomic E-state index is 12.1. The summed E-state index contributed by atoms with van der Waals surface area (Å²) in [5.74, 6) is -0.319. The van der Waals surface area contributed by atoms with Crippen molar-refractivity contribution in [1.29, 1.82) is 0 Å². The number of pyridine rings is 1. The highest BCUT2D eigenvalue weighted by molar-refractivity contribution is 9.10. The molecule has 2 aromatic rings. The molecule has 0 amide bonds. The quantitative estimate of drug-likeness (QED) is 0.849. The van der Waals surface area contributed by atoms with E-state index in [2.05, 4.69) is 26.2 Å². The molecule has 20 heavy (non-hydrogen) atoms. The highest BCUT2D eigenvalue weighted by atomic mass is 79.9. The Kier molecular flexibility index (Phi) is 5.12. The van der Waals surface area contributed by atoms with Gasteiger partial charge in [-0.1, -0.05) is 28.1 Å². The first-order valence-electron chi connectivity index (χ1n) is 6.29. The van der Waals surface area contributed by atoms with Crippen molar-refractivity contribution in [3.63, 3.8) is 0 Å². The first-order valence-corrected chi connectivity index (χ1v) is 7.08. The average Bonchev–Trinajstić information content (AvgIpc) is 2.46. The SMILES string of the molecule is CCOC(=O)C(Nc1cccc(Br)c1)c1cccnc1. The van der Waals surface area contributed by atoms with Gasteiger partial charge in [0, 0.05) is 28.1 Å². The summed E-state index contributed by atoms with van der Waals surface area (Å²) in [7, 11) is 0. The molecule has 1 heterocycles. The number of hydrogen-bond donors (Lipinski definition) is 1. The number of aromatic nitrogens is 1. The van der Waals surface area contributed by atoms with Gasteiger partial charge < -0.3 is 10.1 Å². The van der Waals surface area contributed by atoms with Crippen LogP contribution in [0.4, 0.5) is 5.69 Å². The van der Waals surface area contributed by atoms with Crippen molar-refractivity contribution in [2.45, 2.75) is 13.0 Å². The summed E-state index contributed by atoms with van der Waals surface area (Å²) >= 11 is 3.41. The van der Waals surface area contributed by atoms with E-state index in [-0.39, 0.29) is 5.97 Å². The lowest BCUT2D eigenvalue weighted by Gasteiger charge is -2.18. The van der Waals surface area contributed by atoms with Gasteiger partial charge in [0.25, 0.3) is 0 Å². The van der Waals surface area contributed by atoms with Gasteiger partial charge >= 0.3 is 5.97 Å². The highest BCUT2D eigenvalue weighted by Crippen LogP contribution is 2.23. The van der Waals surface area contributed by atoms with Crippen LogP contribution in [0, 0.1) is 0 Å². The topological polar surface area (TPSA) is 51.2 Å². The van der Waals surface area contributed by atoms with E-state index in [0.29, 0.717) is 6.61 Å². The van der Waals surface area contributed by atoms with Crippen LogP contribution >= 0.6 is 15.9 Å². The number of esters is 1. The van der Waals surface area contributed by atoms with E-state index in [1.54, 1.807) is 25.4 Å². The van der Waals surface area contributed by atoms with Crippen LogP contribution in [-0.4, -0.2) is 17.6 Å². The molecule has 104 valence electrons. The molecule has 4 nitrogen and oxygen atoms in total. The minimum absolute atomic E-state index is 0.319. The van der Waals surface area contributed by atoms with Gasteiger partial charge in [-0.2, -0.15) is 0 Å². The van der Waals surface area contributed by atoms with Crippen LogP contribution in [0.2, 0.25) is 0 Å². The standard InChI is InChI=1S/C15H15BrN2O2/c1-2-20-15(19)14(11-5-4-8-17-10-11)18-13-7-3-6-12(16)9-13/h3-10,14,18H,2H2,1H3. The van der Waals surface area contributed by atoms with E-state index in [4.69, 9.17) is 4.74 Å². The fraction of sp³-hybridized carbons (Fsp3) is 0.200. The molecular weight excluding hydrogens is 320 g/mol. The van der Waals surface area contributed by atoms with Gasteiger partial charge in [-0.15, -0.1) is 0 Å². The average molecular weight is 335 g/mol. The summed E-state index contributed by atoms with van der Waals surface area (Å²) in [6.07, 6.45) is 3.33. The smallest absolute Gasteiger partial charge is 0.333 e. The van der Waals surface area contributed by atoms with Crippen molar-refractivity contribution in [1.82, 2.24) is 4.98 Å². The monoisotopic (exact) mass is 334 g/mol. The summed E-state index contributed by atoms with van der Waals surface area (Å²) in [5.41, 5.74) is 1.60. The van der Waals surface area contributed by atoms with Crippen molar-refractivity contribution in [2.24, 2.45) is 0 Å². The summed E-state index contributed by atoms with van der Waals surface area (Å²) in [6, 6.07) is 10.7. The van der Waals surface area contributed by atoms with E-state index < -0.39 is 6.04 Å². The lowest BCUT2D eigenvalue weighted by atomic mass is 10.1. The number of carbonyl (C=O) groups is 1. The van der Waals surface area contributed by atoms with Gasteiger partial charge in [-0.05, 0) is 31.2 Å². The van der Waals surface area contributed by atoms with Crippen LogP contribution in [0.1, 0.15) is 18.5 Å². The Morgan fingerprint density at radius 1 is 1.40 bits per heavy atom. The Morgan fingerprint density at radius 3 is 2.90 bits per heavy atom. The number of halogens is 1. The molecule has 1 aromatic heterocycles. The molecule has 0 bridgehead atoms. The number of nitrogens with one attached hydrogen (secondary N) is 1. The molecule has 2 rings (SSSR count). The molecule has 1 atom stereocenters. The summed E-state index contributed by atoms with van der Waals surface area (Å²) in [4.78, 5) is 16.2. The molecule has 1 aromatic carbocycles.